The lowest BCUT2D eigenvalue weighted by Gasteiger charge is -2.40. The highest BCUT2D eigenvalue weighted by Crippen LogP contribution is 2.48. The highest BCUT2D eigenvalue weighted by atomic mass is 16.7. The zero-order valence-corrected chi connectivity index (χ0v) is 51.3. The SMILES string of the molecule is O=C(C=Cc1ccc(O)cc1)OCC1OC(Oc2cc(O)c3cc(OC4OC(CO)C(O)C(O)C4O)c(-c4cc(OC5OC(COC(=O)C=Cc6ccc(O)cc6)C(O)C(O)C5O)c(O)c(OC5OC(COC(=O)C=Cc6ccc(O)cc6)C(O)C(O)C5O)c4)[o+]c3c2)C(O)C(O)C1O. The number of hydrogen-bond donors (Lipinski definition) is 18. The normalized spacial score (nSPS) is 30.3. The molecule has 0 radical (unpaired) electrons. The molecule has 18 N–H and O–H groups in total. The summed E-state index contributed by atoms with van der Waals surface area (Å²) >= 11 is 0. The van der Waals surface area contributed by atoms with Crippen LogP contribution in [0.15, 0.2) is 126 Å². The summed E-state index contributed by atoms with van der Waals surface area (Å²) < 4.78 is 69.2. The van der Waals surface area contributed by atoms with Gasteiger partial charge < -0.3 is 144 Å². The largest absolute Gasteiger partial charge is 0.508 e. The van der Waals surface area contributed by atoms with Gasteiger partial charge >= 0.3 is 29.3 Å². The lowest BCUT2D eigenvalue weighted by molar-refractivity contribution is -0.279. The van der Waals surface area contributed by atoms with Crippen molar-refractivity contribution in [2.75, 3.05) is 26.4 Å². The molecule has 4 aliphatic heterocycles. The molecule has 0 aliphatic carbocycles. The average molecular weight is 1390 g/mol. The van der Waals surface area contributed by atoms with Gasteiger partial charge in [0.25, 0.3) is 0 Å². The number of benzene rings is 5. The number of fused-ring (bicyclic) bond motifs is 1. The summed E-state index contributed by atoms with van der Waals surface area (Å²) in [4.78, 5) is 38.4. The third-order valence-corrected chi connectivity index (χ3v) is 16.0. The van der Waals surface area contributed by atoms with Crippen molar-refractivity contribution in [2.45, 2.75) is 123 Å². The standard InChI is InChI=1S/C66H68O33/c67-24-42-50(76)54(80)59(85)66(96-42)95-41-23-36-37(71)21-35(91-63-58(84)55(81)51(77)43(97-63)25-88-46(72)16-7-28-1-10-32(68)11-2-28)22-38(36)92-62(41)31-19-39(93-64-60(86)56(82)52(78)44(98-64)26-89-47(73)17-8-29-3-12-33(69)13-4-29)49(75)40(20-31)94-65-61(87)57(83)53(79)45(99-65)27-90-48(74)18-9-30-5-14-34(70)15-6-30/h1-23,42-45,50-61,63-67,76-87H,24-27H2,(H4-,68,69,70,71,72,73,74,75)/p+1. The van der Waals surface area contributed by atoms with Gasteiger partial charge in [-0.15, -0.1) is 0 Å². The van der Waals surface area contributed by atoms with Crippen molar-refractivity contribution < 1.29 is 163 Å². The Balaban J connectivity index is 1.01. The van der Waals surface area contributed by atoms with Crippen molar-refractivity contribution in [3.63, 3.8) is 0 Å². The molecule has 0 saturated carbocycles. The van der Waals surface area contributed by atoms with Crippen LogP contribution in [-0.4, -0.2) is 259 Å². The highest BCUT2D eigenvalue weighted by Gasteiger charge is 2.50. The van der Waals surface area contributed by atoms with E-state index in [1.807, 2.05) is 0 Å². The number of esters is 3. The monoisotopic (exact) mass is 1390 g/mol. The summed E-state index contributed by atoms with van der Waals surface area (Å²) in [5.41, 5.74) is 0.564. The van der Waals surface area contributed by atoms with Gasteiger partial charge in [-0.05, 0) is 71.3 Å². The van der Waals surface area contributed by atoms with Gasteiger partial charge in [0.05, 0.1) is 18.2 Å². The number of carbonyl (C=O) groups is 3. The molecule has 5 heterocycles. The van der Waals surface area contributed by atoms with Crippen LogP contribution in [0.3, 0.4) is 0 Å². The molecule has 1 aromatic heterocycles. The molecular formula is C66H69O33+. The van der Waals surface area contributed by atoms with Crippen LogP contribution in [-0.2, 0) is 47.5 Å². The Morgan fingerprint density at radius 2 is 0.727 bits per heavy atom. The van der Waals surface area contributed by atoms with Gasteiger partial charge in [0.2, 0.25) is 36.7 Å². The van der Waals surface area contributed by atoms with Crippen LogP contribution in [0, 0.1) is 0 Å². The first-order chi connectivity index (χ1) is 47.2. The van der Waals surface area contributed by atoms with Crippen molar-refractivity contribution in [3.8, 4) is 63.1 Å². The second kappa shape index (κ2) is 31.7. The highest BCUT2D eigenvalue weighted by molar-refractivity contribution is 5.90. The zero-order valence-electron chi connectivity index (χ0n) is 51.3. The molecular weight excluding hydrogens is 1320 g/mol. The first-order valence-corrected chi connectivity index (χ1v) is 30.2. The van der Waals surface area contributed by atoms with Crippen LogP contribution in [0.2, 0.25) is 0 Å². The van der Waals surface area contributed by atoms with Crippen LogP contribution in [0.5, 0.6) is 51.7 Å². The predicted octanol–water partition coefficient (Wildman–Crippen LogP) is -1.58. The Morgan fingerprint density at radius 1 is 0.394 bits per heavy atom. The molecule has 0 bridgehead atoms. The van der Waals surface area contributed by atoms with E-state index >= 15 is 0 Å². The van der Waals surface area contributed by atoms with E-state index in [1.54, 1.807) is 0 Å². The van der Waals surface area contributed by atoms with Crippen molar-refractivity contribution in [2.24, 2.45) is 0 Å². The minimum absolute atomic E-state index is 0.0260. The minimum Gasteiger partial charge on any atom is -0.508 e. The van der Waals surface area contributed by atoms with Gasteiger partial charge in [0.1, 0.15) is 152 Å². The van der Waals surface area contributed by atoms with Gasteiger partial charge in [0.15, 0.2) is 11.5 Å². The Labute approximate surface area is 558 Å². The Kier molecular flexibility index (Phi) is 23.2. The molecule has 20 atom stereocenters. The summed E-state index contributed by atoms with van der Waals surface area (Å²) in [5, 5.41) is 195. The second-order valence-corrected chi connectivity index (χ2v) is 23.0. The van der Waals surface area contributed by atoms with E-state index in [1.165, 1.54) is 91.0 Å². The molecule has 530 valence electrons. The molecule has 10 rings (SSSR count). The van der Waals surface area contributed by atoms with Gasteiger partial charge in [-0.1, -0.05) is 36.4 Å². The first-order valence-electron chi connectivity index (χ1n) is 30.2. The molecule has 33 heteroatoms. The van der Waals surface area contributed by atoms with E-state index < -0.39 is 219 Å². The van der Waals surface area contributed by atoms with Crippen molar-refractivity contribution in [3.05, 3.63) is 138 Å². The molecule has 0 spiro atoms. The van der Waals surface area contributed by atoms with E-state index in [-0.39, 0.29) is 22.6 Å². The Morgan fingerprint density at radius 3 is 1.09 bits per heavy atom. The first kappa shape index (κ1) is 72.4. The summed E-state index contributed by atoms with van der Waals surface area (Å²) in [5.74, 6) is -8.27. The fourth-order valence-corrected chi connectivity index (χ4v) is 10.4. The van der Waals surface area contributed by atoms with E-state index in [0.717, 1.165) is 48.6 Å². The molecule has 0 amide bonds. The van der Waals surface area contributed by atoms with Gasteiger partial charge in [0, 0.05) is 42.5 Å². The number of carbonyl (C=O) groups excluding carboxylic acids is 3. The number of aliphatic hydroxyl groups is 13. The Bertz CT molecular complexity index is 3740. The lowest BCUT2D eigenvalue weighted by Crippen LogP contribution is -2.60. The second-order valence-electron chi connectivity index (χ2n) is 23.0. The number of rotatable bonds is 22. The maximum atomic E-state index is 12.9. The average Bonchev–Trinajstić information content (AvgIpc) is 0.762. The number of phenolic OH excluding ortho intramolecular Hbond substituents is 5. The molecule has 4 fully saturated rings. The van der Waals surface area contributed by atoms with E-state index in [9.17, 15) is 106 Å². The number of aliphatic hydroxyl groups excluding tert-OH is 13. The van der Waals surface area contributed by atoms with Crippen molar-refractivity contribution in [1.82, 2.24) is 0 Å². The summed E-state index contributed by atoms with van der Waals surface area (Å²) in [6.07, 6.45) is -32.7. The number of phenols is 5. The number of aromatic hydroxyl groups is 5. The molecule has 6 aromatic rings. The molecule has 5 aromatic carbocycles. The maximum Gasteiger partial charge on any atom is 0.402 e. The van der Waals surface area contributed by atoms with E-state index in [4.69, 9.17) is 56.5 Å². The fourth-order valence-electron chi connectivity index (χ4n) is 10.4. The topological polar surface area (TPSA) is 528 Å². The quantitative estimate of drug-likeness (QED) is 0.0158. The van der Waals surface area contributed by atoms with Crippen LogP contribution in [0.4, 0.5) is 0 Å². The zero-order chi connectivity index (χ0) is 71.1. The van der Waals surface area contributed by atoms with Crippen LogP contribution in [0.25, 0.3) is 40.5 Å². The third-order valence-electron chi connectivity index (χ3n) is 16.0. The predicted molar refractivity (Wildman–Crippen MR) is 330 cm³/mol. The van der Waals surface area contributed by atoms with Crippen LogP contribution in [0.1, 0.15) is 16.7 Å². The van der Waals surface area contributed by atoms with Gasteiger partial charge in [-0.2, -0.15) is 0 Å². The van der Waals surface area contributed by atoms with Crippen LogP contribution >= 0.6 is 0 Å². The van der Waals surface area contributed by atoms with Crippen molar-refractivity contribution in [1.29, 1.82) is 0 Å². The summed E-state index contributed by atoms with van der Waals surface area (Å²) in [6.45, 7) is -3.31. The Hall–Kier alpha value is -9.34. The van der Waals surface area contributed by atoms with Crippen molar-refractivity contribution >= 4 is 47.1 Å². The summed E-state index contributed by atoms with van der Waals surface area (Å²) in [6, 6.07) is 21.9. The molecule has 99 heavy (non-hydrogen) atoms. The maximum absolute atomic E-state index is 12.9. The van der Waals surface area contributed by atoms with Gasteiger partial charge in [-0.25, -0.2) is 18.8 Å². The van der Waals surface area contributed by atoms with Crippen LogP contribution < -0.4 is 18.9 Å². The smallest absolute Gasteiger partial charge is 0.402 e. The molecule has 4 aliphatic rings. The molecule has 4 saturated heterocycles. The van der Waals surface area contributed by atoms with E-state index in [0.29, 0.717) is 16.7 Å². The van der Waals surface area contributed by atoms with Gasteiger partial charge in [-0.3, -0.25) is 0 Å². The summed E-state index contributed by atoms with van der Waals surface area (Å²) in [7, 11) is 0. The number of ether oxygens (including phenoxy) is 11. The third kappa shape index (κ3) is 17.2. The number of hydrogen-bond acceptors (Lipinski definition) is 32. The minimum atomic E-state index is -2.23. The fraction of sp³-hybridized carbons (Fsp3) is 0.364. The molecule has 33 nitrogen and oxygen atoms in total. The van der Waals surface area contributed by atoms with E-state index in [2.05, 4.69) is 0 Å². The lowest BCUT2D eigenvalue weighted by atomic mass is 9.99. The molecule has 20 unspecified atom stereocenters.